The van der Waals surface area contributed by atoms with Crippen LogP contribution < -0.4 is 10.6 Å². The van der Waals surface area contributed by atoms with Crippen LogP contribution in [0.15, 0.2) is 11.4 Å². The maximum atomic E-state index is 4.65. The van der Waals surface area contributed by atoms with Gasteiger partial charge in [-0.2, -0.15) is 16.7 Å². The van der Waals surface area contributed by atoms with E-state index in [0.717, 1.165) is 35.1 Å². The Hall–Kier alpha value is -1.01. The lowest BCUT2D eigenvalue weighted by Crippen LogP contribution is -2.30. The molecule has 1 aliphatic rings. The van der Waals surface area contributed by atoms with Crippen molar-refractivity contribution in [3.8, 4) is 0 Å². The highest BCUT2D eigenvalue weighted by Gasteiger charge is 2.32. The summed E-state index contributed by atoms with van der Waals surface area (Å²) in [6, 6.07) is 2.11. The van der Waals surface area contributed by atoms with Gasteiger partial charge in [0.2, 0.25) is 5.95 Å². The van der Waals surface area contributed by atoms with Crippen molar-refractivity contribution in [2.24, 2.45) is 0 Å². The van der Waals surface area contributed by atoms with E-state index < -0.39 is 0 Å². The lowest BCUT2D eigenvalue weighted by atomic mass is 10.1. The van der Waals surface area contributed by atoms with Crippen LogP contribution in [0.5, 0.6) is 0 Å². The average Bonchev–Trinajstić information content (AvgIpc) is 3.15. The molecular formula is C15H22N4S2. The van der Waals surface area contributed by atoms with Crippen molar-refractivity contribution >= 4 is 45.1 Å². The highest BCUT2D eigenvalue weighted by Crippen LogP contribution is 2.40. The van der Waals surface area contributed by atoms with Crippen LogP contribution >= 0.6 is 23.1 Å². The molecule has 0 aliphatic heterocycles. The Balaban J connectivity index is 1.83. The number of hydrogen-bond donors (Lipinski definition) is 2. The summed E-state index contributed by atoms with van der Waals surface area (Å²) in [6.45, 7) is 3.89. The van der Waals surface area contributed by atoms with Crippen molar-refractivity contribution in [2.45, 2.75) is 37.4 Å². The van der Waals surface area contributed by atoms with Gasteiger partial charge in [-0.1, -0.05) is 12.8 Å². The van der Waals surface area contributed by atoms with Gasteiger partial charge in [0.05, 0.1) is 5.39 Å². The Morgan fingerprint density at radius 3 is 2.81 bits per heavy atom. The quantitative estimate of drug-likeness (QED) is 0.834. The largest absolute Gasteiger partial charge is 0.368 e. The third-order valence-corrected chi connectivity index (χ3v) is 6.41. The molecular weight excluding hydrogens is 300 g/mol. The fourth-order valence-electron chi connectivity index (χ4n) is 2.94. The van der Waals surface area contributed by atoms with E-state index in [0.29, 0.717) is 4.75 Å². The molecule has 2 heterocycles. The van der Waals surface area contributed by atoms with Crippen LogP contribution in [0.4, 0.5) is 11.8 Å². The van der Waals surface area contributed by atoms with Crippen molar-refractivity contribution in [3.63, 3.8) is 0 Å². The number of thioether (sulfide) groups is 1. The molecule has 2 N–H and O–H groups in total. The standard InChI is InChI=1S/C15H22N4S2/c1-3-16-14-18-12(11-6-9-21-13(11)19-14)17-10-15(20-2)7-4-5-8-15/h6,9H,3-5,7-8,10H2,1-2H3,(H2,16,17,18,19). The van der Waals surface area contributed by atoms with Crippen LogP contribution in [0, 0.1) is 0 Å². The fourth-order valence-corrected chi connectivity index (χ4v) is 4.62. The minimum absolute atomic E-state index is 0.381. The van der Waals surface area contributed by atoms with E-state index in [1.165, 1.54) is 25.7 Å². The Morgan fingerprint density at radius 2 is 2.10 bits per heavy atom. The number of nitrogens with one attached hydrogen (secondary N) is 2. The molecule has 0 amide bonds. The minimum atomic E-state index is 0.381. The van der Waals surface area contributed by atoms with Gasteiger partial charge in [-0.3, -0.25) is 0 Å². The molecule has 114 valence electrons. The van der Waals surface area contributed by atoms with Crippen LogP contribution in [0.2, 0.25) is 0 Å². The zero-order valence-corrected chi connectivity index (χ0v) is 14.2. The van der Waals surface area contributed by atoms with Crippen LogP contribution in [-0.4, -0.2) is 34.1 Å². The SMILES string of the molecule is CCNc1nc(NCC2(SC)CCCC2)c2ccsc2n1. The third kappa shape index (κ3) is 3.11. The van der Waals surface area contributed by atoms with Crippen molar-refractivity contribution in [3.05, 3.63) is 11.4 Å². The molecule has 0 spiro atoms. The van der Waals surface area contributed by atoms with Gasteiger partial charge in [-0.15, -0.1) is 11.3 Å². The number of anilines is 2. The first kappa shape index (κ1) is 14.9. The molecule has 0 unspecified atom stereocenters. The van der Waals surface area contributed by atoms with Gasteiger partial charge in [-0.05, 0) is 37.5 Å². The maximum Gasteiger partial charge on any atom is 0.226 e. The Kier molecular flexibility index (Phi) is 4.54. The molecule has 1 aliphatic carbocycles. The predicted octanol–water partition coefficient (Wildman–Crippen LogP) is 4.21. The van der Waals surface area contributed by atoms with Gasteiger partial charge in [0.25, 0.3) is 0 Å². The van der Waals surface area contributed by atoms with Crippen LogP contribution in [0.1, 0.15) is 32.6 Å². The van der Waals surface area contributed by atoms with E-state index in [-0.39, 0.29) is 0 Å². The first-order chi connectivity index (χ1) is 10.3. The molecule has 2 aromatic rings. The van der Waals surface area contributed by atoms with E-state index in [4.69, 9.17) is 0 Å². The number of hydrogen-bond acceptors (Lipinski definition) is 6. The van der Waals surface area contributed by atoms with Crippen LogP contribution in [-0.2, 0) is 0 Å². The lowest BCUT2D eigenvalue weighted by Gasteiger charge is -2.27. The molecule has 21 heavy (non-hydrogen) atoms. The Labute approximate surface area is 134 Å². The van der Waals surface area contributed by atoms with Crippen LogP contribution in [0.3, 0.4) is 0 Å². The Bertz CT molecular complexity index is 605. The molecule has 3 rings (SSSR count). The first-order valence-electron chi connectivity index (χ1n) is 7.54. The lowest BCUT2D eigenvalue weighted by molar-refractivity contribution is 0.639. The summed E-state index contributed by atoms with van der Waals surface area (Å²) in [5, 5.41) is 10.0. The predicted molar refractivity (Wildman–Crippen MR) is 94.8 cm³/mol. The highest BCUT2D eigenvalue weighted by atomic mass is 32.2. The normalized spacial score (nSPS) is 17.2. The maximum absolute atomic E-state index is 4.65. The second-order valence-corrected chi connectivity index (χ2v) is 7.68. The molecule has 0 atom stereocenters. The number of fused-ring (bicyclic) bond motifs is 1. The smallest absolute Gasteiger partial charge is 0.226 e. The summed E-state index contributed by atoms with van der Waals surface area (Å²) in [5.74, 6) is 1.69. The monoisotopic (exact) mass is 322 g/mol. The molecule has 6 heteroatoms. The van der Waals surface area contributed by atoms with Gasteiger partial charge < -0.3 is 10.6 Å². The number of thiophene rings is 1. The van der Waals surface area contributed by atoms with E-state index in [2.05, 4.69) is 45.2 Å². The summed E-state index contributed by atoms with van der Waals surface area (Å²) in [7, 11) is 0. The van der Waals surface area contributed by atoms with E-state index in [9.17, 15) is 0 Å². The van der Waals surface area contributed by atoms with E-state index in [1.54, 1.807) is 11.3 Å². The highest BCUT2D eigenvalue weighted by molar-refractivity contribution is 8.00. The second kappa shape index (κ2) is 6.40. The molecule has 4 nitrogen and oxygen atoms in total. The summed E-state index contributed by atoms with van der Waals surface area (Å²) in [4.78, 5) is 10.3. The summed E-state index contributed by atoms with van der Waals surface area (Å²) < 4.78 is 0.381. The van der Waals surface area contributed by atoms with Gasteiger partial charge in [0, 0.05) is 17.8 Å². The van der Waals surface area contributed by atoms with Gasteiger partial charge in [-0.25, -0.2) is 4.98 Å². The van der Waals surface area contributed by atoms with Gasteiger partial charge in [0.1, 0.15) is 10.6 Å². The number of aromatic nitrogens is 2. The zero-order valence-electron chi connectivity index (χ0n) is 12.6. The van der Waals surface area contributed by atoms with Crippen molar-refractivity contribution in [2.75, 3.05) is 30.0 Å². The van der Waals surface area contributed by atoms with Crippen molar-refractivity contribution in [1.29, 1.82) is 0 Å². The van der Waals surface area contributed by atoms with Crippen molar-refractivity contribution < 1.29 is 0 Å². The minimum Gasteiger partial charge on any atom is -0.368 e. The molecule has 2 aromatic heterocycles. The van der Waals surface area contributed by atoms with Crippen molar-refractivity contribution in [1.82, 2.24) is 9.97 Å². The summed E-state index contributed by atoms with van der Waals surface area (Å²) in [5.41, 5.74) is 0. The molecule has 1 fully saturated rings. The fraction of sp³-hybridized carbons (Fsp3) is 0.600. The van der Waals surface area contributed by atoms with Crippen LogP contribution in [0.25, 0.3) is 10.2 Å². The third-order valence-electron chi connectivity index (χ3n) is 4.19. The first-order valence-corrected chi connectivity index (χ1v) is 9.65. The Morgan fingerprint density at radius 1 is 1.29 bits per heavy atom. The number of nitrogens with zero attached hydrogens (tertiary/aromatic N) is 2. The topological polar surface area (TPSA) is 49.8 Å². The molecule has 0 radical (unpaired) electrons. The van der Waals surface area contributed by atoms with Gasteiger partial charge in [0.15, 0.2) is 0 Å². The molecule has 0 bridgehead atoms. The zero-order chi connectivity index (χ0) is 14.7. The summed E-state index contributed by atoms with van der Waals surface area (Å²) >= 11 is 3.67. The van der Waals surface area contributed by atoms with E-state index in [1.807, 2.05) is 11.8 Å². The van der Waals surface area contributed by atoms with E-state index >= 15 is 0 Å². The average molecular weight is 323 g/mol. The number of rotatable bonds is 6. The molecule has 1 saturated carbocycles. The second-order valence-electron chi connectivity index (χ2n) is 5.51. The van der Waals surface area contributed by atoms with Gasteiger partial charge >= 0.3 is 0 Å². The molecule has 0 saturated heterocycles. The summed E-state index contributed by atoms with van der Waals surface area (Å²) in [6.07, 6.45) is 7.54. The molecule has 0 aromatic carbocycles.